The number of nitrogens with one attached hydrogen (secondary N) is 1. The van der Waals surface area contributed by atoms with Gasteiger partial charge in [0.2, 0.25) is 5.91 Å². The van der Waals surface area contributed by atoms with Crippen molar-refractivity contribution in [2.75, 3.05) is 0 Å². The van der Waals surface area contributed by atoms with Crippen LogP contribution in [0.2, 0.25) is 0 Å². The van der Waals surface area contributed by atoms with Crippen molar-refractivity contribution in [3.8, 4) is 0 Å². The molecule has 5 nitrogen and oxygen atoms in total. The Morgan fingerprint density at radius 1 is 1.50 bits per heavy atom. The summed E-state index contributed by atoms with van der Waals surface area (Å²) in [5.74, 6) is -0.568. The van der Waals surface area contributed by atoms with Crippen LogP contribution < -0.4 is 16.8 Å². The quantitative estimate of drug-likeness (QED) is 0.470. The van der Waals surface area contributed by atoms with Gasteiger partial charge in [0.05, 0.1) is 0 Å². The van der Waals surface area contributed by atoms with E-state index in [0.29, 0.717) is 6.42 Å². The molecule has 0 aromatic heterocycles. The molecular weight excluding hydrogens is 134 g/mol. The number of nitrogens with two attached hydrogens (primary N) is 2. The Morgan fingerprint density at radius 2 is 2.00 bits per heavy atom. The average molecular weight is 145 g/mol. The fourth-order valence-electron chi connectivity index (χ4n) is 0.546. The number of urea groups is 1. The molecular formula is C5H11N3O2. The fourth-order valence-corrected chi connectivity index (χ4v) is 0.546. The molecule has 0 saturated carbocycles. The van der Waals surface area contributed by atoms with Gasteiger partial charge < -0.3 is 16.8 Å². The molecule has 0 aliphatic carbocycles. The molecule has 5 N–H and O–H groups in total. The lowest BCUT2D eigenvalue weighted by molar-refractivity contribution is -0.119. The third-order valence-electron chi connectivity index (χ3n) is 1.07. The minimum Gasteiger partial charge on any atom is -0.368 e. The summed E-state index contributed by atoms with van der Waals surface area (Å²) in [5.41, 5.74) is 9.64. The first-order chi connectivity index (χ1) is 4.57. The molecule has 0 saturated heterocycles. The summed E-state index contributed by atoms with van der Waals surface area (Å²) in [4.78, 5) is 20.6. The van der Waals surface area contributed by atoms with Gasteiger partial charge in [-0.1, -0.05) is 6.92 Å². The van der Waals surface area contributed by atoms with Gasteiger partial charge in [0.1, 0.15) is 6.04 Å². The van der Waals surface area contributed by atoms with E-state index in [1.54, 1.807) is 6.92 Å². The molecule has 0 radical (unpaired) electrons. The molecule has 0 aliphatic rings. The third-order valence-corrected chi connectivity index (χ3v) is 1.07. The predicted octanol–water partition coefficient (Wildman–Crippen LogP) is -1.08. The molecule has 0 fully saturated rings. The van der Waals surface area contributed by atoms with E-state index in [4.69, 9.17) is 11.5 Å². The van der Waals surface area contributed by atoms with Crippen LogP contribution in [0.25, 0.3) is 0 Å². The van der Waals surface area contributed by atoms with Gasteiger partial charge in [-0.3, -0.25) is 4.79 Å². The van der Waals surface area contributed by atoms with Gasteiger partial charge in [-0.2, -0.15) is 0 Å². The fraction of sp³-hybridized carbons (Fsp3) is 0.600. The lowest BCUT2D eigenvalue weighted by atomic mass is 10.2. The first-order valence-corrected chi connectivity index (χ1v) is 2.93. The van der Waals surface area contributed by atoms with Crippen LogP contribution in [0.4, 0.5) is 4.79 Å². The Balaban J connectivity index is 3.83. The maximum absolute atomic E-state index is 10.4. The molecule has 0 rings (SSSR count). The molecule has 3 amide bonds. The van der Waals surface area contributed by atoms with Gasteiger partial charge in [-0.25, -0.2) is 4.79 Å². The number of rotatable bonds is 3. The molecule has 0 aliphatic heterocycles. The smallest absolute Gasteiger partial charge is 0.312 e. The van der Waals surface area contributed by atoms with E-state index in [0.717, 1.165) is 0 Å². The van der Waals surface area contributed by atoms with Crippen molar-refractivity contribution >= 4 is 11.9 Å². The van der Waals surface area contributed by atoms with Crippen LogP contribution in [-0.4, -0.2) is 18.0 Å². The number of carbonyl (C=O) groups excluding carboxylic acids is 2. The second-order valence-corrected chi connectivity index (χ2v) is 1.87. The maximum Gasteiger partial charge on any atom is 0.312 e. The van der Waals surface area contributed by atoms with Crippen LogP contribution >= 0.6 is 0 Å². The monoisotopic (exact) mass is 145 g/mol. The van der Waals surface area contributed by atoms with E-state index in [1.807, 2.05) is 0 Å². The van der Waals surface area contributed by atoms with Gasteiger partial charge in [-0.15, -0.1) is 0 Å². The minimum absolute atomic E-state index is 0.457. The highest BCUT2D eigenvalue weighted by molar-refractivity contribution is 5.85. The number of primary amides is 2. The number of hydrogen-bond acceptors (Lipinski definition) is 2. The van der Waals surface area contributed by atoms with Gasteiger partial charge >= 0.3 is 6.03 Å². The molecule has 58 valence electrons. The summed E-state index contributed by atoms with van der Waals surface area (Å²) in [7, 11) is 0. The second-order valence-electron chi connectivity index (χ2n) is 1.87. The van der Waals surface area contributed by atoms with Crippen molar-refractivity contribution in [2.45, 2.75) is 19.4 Å². The SMILES string of the molecule is CCC(NC(N)=O)C(N)=O. The first kappa shape index (κ1) is 8.74. The van der Waals surface area contributed by atoms with Crippen LogP contribution in [0.15, 0.2) is 0 Å². The van der Waals surface area contributed by atoms with E-state index in [1.165, 1.54) is 0 Å². The first-order valence-electron chi connectivity index (χ1n) is 2.93. The molecule has 1 atom stereocenters. The van der Waals surface area contributed by atoms with Gasteiger partial charge in [0.15, 0.2) is 0 Å². The molecule has 5 heteroatoms. The van der Waals surface area contributed by atoms with E-state index < -0.39 is 18.0 Å². The van der Waals surface area contributed by atoms with Gasteiger partial charge in [-0.05, 0) is 6.42 Å². The van der Waals surface area contributed by atoms with Crippen molar-refractivity contribution in [2.24, 2.45) is 11.5 Å². The summed E-state index contributed by atoms with van der Waals surface area (Å²) < 4.78 is 0. The summed E-state index contributed by atoms with van der Waals surface area (Å²) in [6.45, 7) is 1.73. The van der Waals surface area contributed by atoms with Gasteiger partial charge in [0, 0.05) is 0 Å². The van der Waals surface area contributed by atoms with Crippen LogP contribution in [0.1, 0.15) is 13.3 Å². The lowest BCUT2D eigenvalue weighted by Crippen LogP contribution is -2.46. The standard InChI is InChI=1S/C5H11N3O2/c1-2-3(4(6)9)8-5(7)10/h3H,2H2,1H3,(H2,6,9)(H3,7,8,10). The lowest BCUT2D eigenvalue weighted by Gasteiger charge is -2.09. The van der Waals surface area contributed by atoms with Crippen molar-refractivity contribution in [3.63, 3.8) is 0 Å². The number of amides is 3. The zero-order chi connectivity index (χ0) is 8.15. The van der Waals surface area contributed by atoms with Crippen molar-refractivity contribution in [1.82, 2.24) is 5.32 Å². The number of carbonyl (C=O) groups is 2. The number of hydrogen-bond donors (Lipinski definition) is 3. The van der Waals surface area contributed by atoms with Crippen LogP contribution in [-0.2, 0) is 4.79 Å². The second kappa shape index (κ2) is 3.71. The molecule has 0 bridgehead atoms. The van der Waals surface area contributed by atoms with Crippen molar-refractivity contribution < 1.29 is 9.59 Å². The van der Waals surface area contributed by atoms with E-state index in [-0.39, 0.29) is 0 Å². The minimum atomic E-state index is -0.731. The Morgan fingerprint density at radius 3 is 2.10 bits per heavy atom. The van der Waals surface area contributed by atoms with E-state index in [2.05, 4.69) is 5.32 Å². The molecule has 0 spiro atoms. The zero-order valence-corrected chi connectivity index (χ0v) is 5.76. The van der Waals surface area contributed by atoms with E-state index in [9.17, 15) is 9.59 Å². The Labute approximate surface area is 58.8 Å². The van der Waals surface area contributed by atoms with Crippen molar-refractivity contribution in [3.05, 3.63) is 0 Å². The highest BCUT2D eigenvalue weighted by Gasteiger charge is 2.12. The predicted molar refractivity (Wildman–Crippen MR) is 36.0 cm³/mol. The van der Waals surface area contributed by atoms with Crippen LogP contribution in [0.3, 0.4) is 0 Å². The highest BCUT2D eigenvalue weighted by atomic mass is 16.2. The van der Waals surface area contributed by atoms with E-state index >= 15 is 0 Å². The normalized spacial score (nSPS) is 12.1. The Kier molecular flexibility index (Phi) is 3.24. The van der Waals surface area contributed by atoms with Crippen LogP contribution in [0, 0.1) is 0 Å². The molecule has 10 heavy (non-hydrogen) atoms. The third kappa shape index (κ3) is 2.91. The highest BCUT2D eigenvalue weighted by Crippen LogP contribution is 1.86. The zero-order valence-electron chi connectivity index (χ0n) is 5.76. The average Bonchev–Trinajstić information content (AvgIpc) is 1.81. The summed E-state index contributed by atoms with van der Waals surface area (Å²) in [6, 6.07) is -1.37. The largest absolute Gasteiger partial charge is 0.368 e. The maximum atomic E-state index is 10.4. The van der Waals surface area contributed by atoms with Crippen LogP contribution in [0.5, 0.6) is 0 Å². The Hall–Kier alpha value is -1.26. The molecule has 0 heterocycles. The summed E-state index contributed by atoms with van der Waals surface area (Å²) in [6.07, 6.45) is 0.457. The molecule has 0 aromatic carbocycles. The molecule has 0 aromatic rings. The topological polar surface area (TPSA) is 98.2 Å². The van der Waals surface area contributed by atoms with Crippen molar-refractivity contribution in [1.29, 1.82) is 0 Å². The molecule has 1 unspecified atom stereocenters. The van der Waals surface area contributed by atoms with Gasteiger partial charge in [0.25, 0.3) is 0 Å². The Bertz CT molecular complexity index is 146. The summed E-state index contributed by atoms with van der Waals surface area (Å²) >= 11 is 0. The summed E-state index contributed by atoms with van der Waals surface area (Å²) in [5, 5.41) is 2.19.